The van der Waals surface area contributed by atoms with Crippen molar-refractivity contribution in [3.05, 3.63) is 0 Å². The van der Waals surface area contributed by atoms with Gasteiger partial charge in [-0.05, 0) is 0 Å². The van der Waals surface area contributed by atoms with Gasteiger partial charge in [-0.1, -0.05) is 0 Å². The van der Waals surface area contributed by atoms with Crippen LogP contribution >= 0.6 is 0 Å². The van der Waals surface area contributed by atoms with E-state index in [1.165, 1.54) is 0 Å². The Morgan fingerprint density at radius 1 is 0.800 bits per heavy atom. The van der Waals surface area contributed by atoms with Gasteiger partial charge in [0.05, 0.1) is 24.8 Å². The third kappa shape index (κ3) is 32.4. The summed E-state index contributed by atoms with van der Waals surface area (Å²) in [7, 11) is 0. The minimum absolute atomic E-state index is 0. The SMILES string of the molecule is NC(=O)CC(=O)[O-].NC(=O)CC(=O)[O-].[Mg+2]. The average Bonchev–Trinajstić information content (AvgIpc) is 1.79. The van der Waals surface area contributed by atoms with Crippen LogP contribution in [-0.4, -0.2) is 46.8 Å². The molecule has 15 heavy (non-hydrogen) atoms. The Labute approximate surface area is 101 Å². The minimum Gasteiger partial charge on any atom is -0.550 e. The van der Waals surface area contributed by atoms with Gasteiger partial charge < -0.3 is 31.3 Å². The molecule has 0 atom stereocenters. The summed E-state index contributed by atoms with van der Waals surface area (Å²) in [6, 6.07) is 0. The van der Waals surface area contributed by atoms with E-state index in [0.29, 0.717) is 0 Å². The largest absolute Gasteiger partial charge is 2.00 e. The van der Waals surface area contributed by atoms with Crippen molar-refractivity contribution in [3.63, 3.8) is 0 Å². The van der Waals surface area contributed by atoms with E-state index in [9.17, 15) is 29.4 Å². The molecule has 80 valence electrons. The molecule has 9 heteroatoms. The zero-order valence-corrected chi connectivity index (χ0v) is 9.14. The van der Waals surface area contributed by atoms with Crippen LogP contribution in [0, 0.1) is 0 Å². The number of carbonyl (C=O) groups is 4. The smallest absolute Gasteiger partial charge is 0.550 e. The predicted octanol–water partition coefficient (Wildman–Crippen LogP) is -5.16. The second kappa shape index (κ2) is 10.7. The molecule has 0 aromatic carbocycles. The first-order chi connectivity index (χ1) is 6.25. The summed E-state index contributed by atoms with van der Waals surface area (Å²) in [5.74, 6) is -4.62. The molecule has 4 N–H and O–H groups in total. The van der Waals surface area contributed by atoms with E-state index in [0.717, 1.165) is 0 Å². The Morgan fingerprint density at radius 3 is 1.00 bits per heavy atom. The van der Waals surface area contributed by atoms with Gasteiger partial charge in [0.1, 0.15) is 0 Å². The van der Waals surface area contributed by atoms with E-state index < -0.39 is 36.6 Å². The summed E-state index contributed by atoms with van der Waals surface area (Å²) in [5.41, 5.74) is 8.87. The summed E-state index contributed by atoms with van der Waals surface area (Å²) >= 11 is 0. The number of primary amides is 2. The van der Waals surface area contributed by atoms with E-state index in [1.54, 1.807) is 0 Å². The van der Waals surface area contributed by atoms with E-state index in [2.05, 4.69) is 11.5 Å². The van der Waals surface area contributed by atoms with E-state index in [4.69, 9.17) is 0 Å². The topological polar surface area (TPSA) is 166 Å². The third-order valence-corrected chi connectivity index (χ3v) is 0.637. The number of hydrogen-bond acceptors (Lipinski definition) is 6. The molecule has 0 aliphatic heterocycles. The van der Waals surface area contributed by atoms with Gasteiger partial charge >= 0.3 is 23.1 Å². The molecule has 0 spiro atoms. The monoisotopic (exact) mass is 228 g/mol. The van der Waals surface area contributed by atoms with Crippen molar-refractivity contribution in [1.82, 2.24) is 0 Å². The first-order valence-corrected chi connectivity index (χ1v) is 3.22. The van der Waals surface area contributed by atoms with Gasteiger partial charge in [0.25, 0.3) is 0 Å². The van der Waals surface area contributed by atoms with Gasteiger partial charge in [-0.2, -0.15) is 0 Å². The summed E-state index contributed by atoms with van der Waals surface area (Å²) in [5, 5.41) is 18.8. The van der Waals surface area contributed by atoms with Crippen LogP contribution in [0.1, 0.15) is 12.8 Å². The fourth-order valence-corrected chi connectivity index (χ4v) is 0.285. The molecule has 0 bridgehead atoms. The quantitative estimate of drug-likeness (QED) is 0.360. The molecule has 0 heterocycles. The Hall–Kier alpha value is -1.35. The molecule has 0 radical (unpaired) electrons. The van der Waals surface area contributed by atoms with Crippen molar-refractivity contribution in [3.8, 4) is 0 Å². The van der Waals surface area contributed by atoms with Crippen LogP contribution in [0.15, 0.2) is 0 Å². The van der Waals surface area contributed by atoms with Crippen molar-refractivity contribution >= 4 is 46.8 Å². The molecule has 0 rings (SSSR count). The Balaban J connectivity index is -0.000000180. The van der Waals surface area contributed by atoms with Gasteiger partial charge in [0.15, 0.2) is 0 Å². The zero-order chi connectivity index (χ0) is 11.7. The first-order valence-electron chi connectivity index (χ1n) is 3.22. The molecule has 0 aliphatic rings. The normalized spacial score (nSPS) is 7.47. The third-order valence-electron chi connectivity index (χ3n) is 0.637. The van der Waals surface area contributed by atoms with Crippen LogP contribution in [0.5, 0.6) is 0 Å². The van der Waals surface area contributed by atoms with Crippen molar-refractivity contribution in [1.29, 1.82) is 0 Å². The van der Waals surface area contributed by atoms with Crippen molar-refractivity contribution in [2.24, 2.45) is 11.5 Å². The van der Waals surface area contributed by atoms with Crippen molar-refractivity contribution in [2.45, 2.75) is 12.8 Å². The van der Waals surface area contributed by atoms with Crippen LogP contribution in [-0.2, 0) is 19.2 Å². The van der Waals surface area contributed by atoms with E-state index in [-0.39, 0.29) is 23.1 Å². The fourth-order valence-electron chi connectivity index (χ4n) is 0.285. The van der Waals surface area contributed by atoms with Crippen LogP contribution in [0.4, 0.5) is 0 Å². The van der Waals surface area contributed by atoms with Crippen LogP contribution in [0.2, 0.25) is 0 Å². The minimum atomic E-state index is -1.44. The second-order valence-electron chi connectivity index (χ2n) is 2.03. The Kier molecular flexibility index (Phi) is 13.8. The molecule has 2 amide bonds. The standard InChI is InChI=1S/2C3H5NO3.Mg/c2*4-2(5)1-3(6)7;/h2*1H2,(H2,4,5)(H,6,7);/q;;+2/p-2. The molecular weight excluding hydrogens is 220 g/mol. The molecule has 0 unspecified atom stereocenters. The average molecular weight is 228 g/mol. The number of amides is 2. The summed E-state index contributed by atoms with van der Waals surface area (Å²) in [4.78, 5) is 38.0. The molecule has 0 aromatic rings. The number of aliphatic carboxylic acids is 2. The molecular formula is C6H8MgN2O6. The number of hydrogen-bond donors (Lipinski definition) is 2. The Bertz CT molecular complexity index is 204. The maximum Gasteiger partial charge on any atom is 2.00 e. The number of nitrogens with two attached hydrogens (primary N) is 2. The zero-order valence-electron chi connectivity index (χ0n) is 7.73. The molecule has 0 aliphatic carbocycles. The predicted molar refractivity (Wildman–Crippen MR) is 43.4 cm³/mol. The summed E-state index contributed by atoms with van der Waals surface area (Å²) < 4.78 is 0. The summed E-state index contributed by atoms with van der Waals surface area (Å²) in [6.45, 7) is 0. The van der Waals surface area contributed by atoms with E-state index >= 15 is 0 Å². The molecule has 0 saturated carbocycles. The molecule has 0 fully saturated rings. The summed E-state index contributed by atoms with van der Waals surface area (Å²) in [6.07, 6.45) is -1.39. The fraction of sp³-hybridized carbons (Fsp3) is 0.333. The number of rotatable bonds is 4. The van der Waals surface area contributed by atoms with Gasteiger partial charge in [-0.15, -0.1) is 0 Å². The first kappa shape index (κ1) is 19.3. The number of carboxylic acid groups (broad SMARTS) is 2. The van der Waals surface area contributed by atoms with Gasteiger partial charge in [0.2, 0.25) is 11.8 Å². The molecule has 0 aromatic heterocycles. The van der Waals surface area contributed by atoms with Gasteiger partial charge in [-0.3, -0.25) is 9.59 Å². The van der Waals surface area contributed by atoms with Crippen LogP contribution < -0.4 is 21.7 Å². The van der Waals surface area contributed by atoms with Crippen molar-refractivity contribution < 1.29 is 29.4 Å². The van der Waals surface area contributed by atoms with Gasteiger partial charge in [-0.25, -0.2) is 0 Å². The van der Waals surface area contributed by atoms with Crippen molar-refractivity contribution in [2.75, 3.05) is 0 Å². The van der Waals surface area contributed by atoms with E-state index in [1.807, 2.05) is 0 Å². The van der Waals surface area contributed by atoms with Crippen LogP contribution in [0.25, 0.3) is 0 Å². The second-order valence-corrected chi connectivity index (χ2v) is 2.03. The number of carbonyl (C=O) groups excluding carboxylic acids is 4. The Morgan fingerprint density at radius 2 is 1.00 bits per heavy atom. The van der Waals surface area contributed by atoms with Gasteiger partial charge in [0, 0.05) is 0 Å². The molecule has 0 saturated heterocycles. The van der Waals surface area contributed by atoms with Crippen LogP contribution in [0.3, 0.4) is 0 Å². The maximum atomic E-state index is 9.61. The number of carboxylic acids is 2. The maximum absolute atomic E-state index is 9.61. The molecule has 8 nitrogen and oxygen atoms in total.